The van der Waals surface area contributed by atoms with Gasteiger partial charge < -0.3 is 10.5 Å². The molecule has 0 aliphatic heterocycles. The summed E-state index contributed by atoms with van der Waals surface area (Å²) < 4.78 is 5.03. The summed E-state index contributed by atoms with van der Waals surface area (Å²) in [5.74, 6) is 0.241. The van der Waals surface area contributed by atoms with Crippen LogP contribution in [0.25, 0.3) is 0 Å². The van der Waals surface area contributed by atoms with Crippen LogP contribution < -0.4 is 15.8 Å². The van der Waals surface area contributed by atoms with E-state index in [-0.39, 0.29) is 5.95 Å². The molecule has 0 unspecified atom stereocenters. The number of aryl methyl sites for hydroxylation is 1. The van der Waals surface area contributed by atoms with Gasteiger partial charge in [-0.25, -0.2) is 0 Å². The second-order valence-corrected chi connectivity index (χ2v) is 3.51. The quantitative estimate of drug-likeness (QED) is 0.743. The van der Waals surface area contributed by atoms with Crippen LogP contribution in [0.4, 0.5) is 11.6 Å². The second-order valence-electron chi connectivity index (χ2n) is 3.51. The van der Waals surface area contributed by atoms with Crippen molar-refractivity contribution in [1.29, 1.82) is 0 Å². The van der Waals surface area contributed by atoms with Crippen LogP contribution in [0.3, 0.4) is 0 Å². The van der Waals surface area contributed by atoms with Crippen LogP contribution in [-0.4, -0.2) is 33.2 Å². The third-order valence-corrected chi connectivity index (χ3v) is 2.24. The van der Waals surface area contributed by atoms with Crippen LogP contribution in [-0.2, 0) is 7.05 Å². The third kappa shape index (κ3) is 2.37. The lowest BCUT2D eigenvalue weighted by molar-refractivity contribution is 0.102. The van der Waals surface area contributed by atoms with E-state index in [1.807, 2.05) is 0 Å². The number of carbonyl (C=O) groups is 1. The lowest BCUT2D eigenvalue weighted by Crippen LogP contribution is -2.15. The maximum atomic E-state index is 11.9. The molecule has 1 heterocycles. The summed E-state index contributed by atoms with van der Waals surface area (Å²) in [5, 5.41) is 13.6. The molecule has 1 aromatic heterocycles. The number of nitrogens with zero attached hydrogens (tertiary/aromatic N) is 4. The molecule has 8 nitrogen and oxygen atoms in total. The average molecular weight is 248 g/mol. The highest BCUT2D eigenvalue weighted by Crippen LogP contribution is 2.20. The van der Waals surface area contributed by atoms with Crippen molar-refractivity contribution in [3.8, 4) is 5.75 Å². The van der Waals surface area contributed by atoms with Gasteiger partial charge in [0.25, 0.3) is 11.9 Å². The average Bonchev–Trinajstić information content (AvgIpc) is 2.75. The van der Waals surface area contributed by atoms with Crippen LogP contribution in [0.1, 0.15) is 10.4 Å². The molecule has 94 valence electrons. The Kier molecular flexibility index (Phi) is 3.09. The highest BCUT2D eigenvalue weighted by molar-refractivity contribution is 6.07. The summed E-state index contributed by atoms with van der Waals surface area (Å²) in [4.78, 5) is 13.2. The molecule has 0 bridgehead atoms. The Morgan fingerprint density at radius 2 is 2.28 bits per heavy atom. The van der Waals surface area contributed by atoms with Gasteiger partial charge in [-0.05, 0) is 23.4 Å². The first kappa shape index (κ1) is 11.8. The molecule has 0 saturated carbocycles. The van der Waals surface area contributed by atoms with E-state index in [2.05, 4.69) is 20.7 Å². The zero-order valence-electron chi connectivity index (χ0n) is 9.91. The second kappa shape index (κ2) is 4.70. The van der Waals surface area contributed by atoms with Crippen LogP contribution in [0.2, 0.25) is 0 Å². The van der Waals surface area contributed by atoms with E-state index in [0.717, 1.165) is 0 Å². The van der Waals surface area contributed by atoms with E-state index in [4.69, 9.17) is 10.5 Å². The minimum Gasteiger partial charge on any atom is -0.497 e. The van der Waals surface area contributed by atoms with Gasteiger partial charge in [-0.3, -0.25) is 10.1 Å². The number of rotatable bonds is 3. The Labute approximate surface area is 103 Å². The van der Waals surface area contributed by atoms with Gasteiger partial charge in [-0.15, -0.1) is 5.10 Å². The Morgan fingerprint density at radius 3 is 2.89 bits per heavy atom. The van der Waals surface area contributed by atoms with Gasteiger partial charge in [-0.1, -0.05) is 5.10 Å². The van der Waals surface area contributed by atoms with Crippen LogP contribution in [0.15, 0.2) is 18.2 Å². The Morgan fingerprint density at radius 1 is 1.50 bits per heavy atom. The van der Waals surface area contributed by atoms with Gasteiger partial charge in [0.05, 0.1) is 19.7 Å². The van der Waals surface area contributed by atoms with Crippen molar-refractivity contribution in [2.75, 3.05) is 18.2 Å². The summed E-state index contributed by atoms with van der Waals surface area (Å²) in [7, 11) is 3.11. The number of hydrogen-bond acceptors (Lipinski definition) is 6. The van der Waals surface area contributed by atoms with Crippen molar-refractivity contribution in [1.82, 2.24) is 20.2 Å². The number of nitrogens with two attached hydrogens (primary N) is 1. The molecule has 0 atom stereocenters. The minimum absolute atomic E-state index is 0.115. The number of nitrogens with one attached hydrogen (secondary N) is 1. The molecule has 1 aromatic carbocycles. The van der Waals surface area contributed by atoms with E-state index in [1.165, 1.54) is 11.9 Å². The summed E-state index contributed by atoms with van der Waals surface area (Å²) in [5.41, 5.74) is 6.36. The number of amides is 1. The van der Waals surface area contributed by atoms with Crippen molar-refractivity contribution < 1.29 is 9.53 Å². The lowest BCUT2D eigenvalue weighted by atomic mass is 10.1. The van der Waals surface area contributed by atoms with E-state index < -0.39 is 5.91 Å². The molecule has 0 aliphatic carbocycles. The molecule has 2 aromatic rings. The van der Waals surface area contributed by atoms with Gasteiger partial charge >= 0.3 is 0 Å². The van der Waals surface area contributed by atoms with Gasteiger partial charge in [0.1, 0.15) is 5.75 Å². The molecule has 0 fully saturated rings. The van der Waals surface area contributed by atoms with Crippen LogP contribution in [0.5, 0.6) is 5.75 Å². The summed E-state index contributed by atoms with van der Waals surface area (Å²) in [6.45, 7) is 0. The van der Waals surface area contributed by atoms with Gasteiger partial charge in [-0.2, -0.15) is 4.80 Å². The summed E-state index contributed by atoms with van der Waals surface area (Å²) >= 11 is 0. The number of aromatic nitrogens is 4. The number of hydrogen-bond donors (Lipinski definition) is 2. The van der Waals surface area contributed by atoms with E-state index in [1.54, 1.807) is 25.2 Å². The molecular formula is C10H12N6O2. The maximum Gasteiger partial charge on any atom is 0.270 e. The number of ether oxygens (including phenoxy) is 1. The fourth-order valence-electron chi connectivity index (χ4n) is 1.36. The fraction of sp³-hybridized carbons (Fsp3) is 0.200. The summed E-state index contributed by atoms with van der Waals surface area (Å²) in [6, 6.07) is 4.81. The first-order valence-electron chi connectivity index (χ1n) is 5.09. The molecule has 2 rings (SSSR count). The van der Waals surface area contributed by atoms with Crippen molar-refractivity contribution >= 4 is 17.5 Å². The Balaban J connectivity index is 2.23. The number of anilines is 2. The van der Waals surface area contributed by atoms with Crippen LogP contribution >= 0.6 is 0 Å². The number of benzene rings is 1. The smallest absolute Gasteiger partial charge is 0.270 e. The molecule has 0 aliphatic rings. The molecule has 18 heavy (non-hydrogen) atoms. The first-order valence-corrected chi connectivity index (χ1v) is 5.09. The van der Waals surface area contributed by atoms with Gasteiger partial charge in [0.15, 0.2) is 0 Å². The molecule has 0 saturated heterocycles. The normalized spacial score (nSPS) is 10.1. The van der Waals surface area contributed by atoms with Gasteiger partial charge in [0, 0.05) is 5.69 Å². The number of methoxy groups -OCH3 is 1. The zero-order valence-corrected chi connectivity index (χ0v) is 9.91. The highest BCUT2D eigenvalue weighted by atomic mass is 16.5. The molecule has 0 radical (unpaired) electrons. The largest absolute Gasteiger partial charge is 0.497 e. The number of tetrazole rings is 1. The highest BCUT2D eigenvalue weighted by Gasteiger charge is 2.13. The molecule has 8 heteroatoms. The maximum absolute atomic E-state index is 11.9. The minimum atomic E-state index is -0.417. The lowest BCUT2D eigenvalue weighted by Gasteiger charge is -2.06. The van der Waals surface area contributed by atoms with Gasteiger partial charge in [0.2, 0.25) is 0 Å². The number of carbonyl (C=O) groups excluding carboxylic acids is 1. The molecule has 1 amide bonds. The fourth-order valence-corrected chi connectivity index (χ4v) is 1.36. The third-order valence-electron chi connectivity index (χ3n) is 2.24. The Hall–Kier alpha value is -2.64. The predicted molar refractivity (Wildman–Crippen MR) is 64.2 cm³/mol. The van der Waals surface area contributed by atoms with Crippen molar-refractivity contribution in [3.63, 3.8) is 0 Å². The monoisotopic (exact) mass is 248 g/mol. The van der Waals surface area contributed by atoms with Crippen molar-refractivity contribution in [2.24, 2.45) is 7.05 Å². The van der Waals surface area contributed by atoms with Crippen molar-refractivity contribution in [3.05, 3.63) is 23.8 Å². The van der Waals surface area contributed by atoms with E-state index in [0.29, 0.717) is 17.0 Å². The molecule has 3 N–H and O–H groups in total. The van der Waals surface area contributed by atoms with Crippen LogP contribution in [0, 0.1) is 0 Å². The summed E-state index contributed by atoms with van der Waals surface area (Å²) in [6.07, 6.45) is 0. The van der Waals surface area contributed by atoms with E-state index in [9.17, 15) is 4.79 Å². The zero-order chi connectivity index (χ0) is 13.1. The first-order chi connectivity index (χ1) is 8.60. The standard InChI is InChI=1S/C10H12N6O2/c1-16-14-10(13-15-16)12-9(17)7-5-6(18-2)3-4-8(7)11/h3-5H,11H2,1-2H3,(H,12,14,17). The van der Waals surface area contributed by atoms with Crippen molar-refractivity contribution in [2.45, 2.75) is 0 Å². The SMILES string of the molecule is COc1ccc(N)c(C(=O)Nc2nnn(C)n2)c1. The molecular weight excluding hydrogens is 236 g/mol. The Bertz CT molecular complexity index is 579. The predicted octanol–water partition coefficient (Wildman–Crippen LogP) is 0.0532. The number of nitrogen functional groups attached to an aromatic ring is 1. The van der Waals surface area contributed by atoms with E-state index >= 15 is 0 Å². The molecule has 0 spiro atoms. The topological polar surface area (TPSA) is 108 Å².